The Morgan fingerprint density at radius 3 is 2.94 bits per heavy atom. The summed E-state index contributed by atoms with van der Waals surface area (Å²) in [6.45, 7) is 3.37. The SMILES string of the molecule is CC(CC=O)c1cc(Br)c2c(c1)OCCCO2. The molecule has 92 valence electrons. The Morgan fingerprint density at radius 2 is 2.18 bits per heavy atom. The molecule has 1 atom stereocenters. The van der Waals surface area contributed by atoms with Crippen LogP contribution >= 0.6 is 15.9 Å². The van der Waals surface area contributed by atoms with E-state index < -0.39 is 0 Å². The van der Waals surface area contributed by atoms with Crippen molar-refractivity contribution in [1.29, 1.82) is 0 Å². The molecule has 3 nitrogen and oxygen atoms in total. The fourth-order valence-corrected chi connectivity index (χ4v) is 2.39. The van der Waals surface area contributed by atoms with E-state index in [0.717, 1.165) is 34.2 Å². The Labute approximate surface area is 109 Å². The molecule has 1 aromatic carbocycles. The Morgan fingerprint density at radius 1 is 1.41 bits per heavy atom. The third-order valence-electron chi connectivity index (χ3n) is 2.84. The van der Waals surface area contributed by atoms with Crippen molar-refractivity contribution in [2.75, 3.05) is 13.2 Å². The highest BCUT2D eigenvalue weighted by Gasteiger charge is 2.17. The van der Waals surface area contributed by atoms with Gasteiger partial charge in [-0.15, -0.1) is 0 Å². The van der Waals surface area contributed by atoms with Crippen LogP contribution in [0.3, 0.4) is 0 Å². The minimum atomic E-state index is 0.195. The fraction of sp³-hybridized carbons (Fsp3) is 0.462. The molecule has 1 unspecified atom stereocenters. The van der Waals surface area contributed by atoms with E-state index in [2.05, 4.69) is 15.9 Å². The van der Waals surface area contributed by atoms with E-state index in [1.807, 2.05) is 19.1 Å². The monoisotopic (exact) mass is 298 g/mol. The van der Waals surface area contributed by atoms with Gasteiger partial charge >= 0.3 is 0 Å². The fourth-order valence-electron chi connectivity index (χ4n) is 1.82. The maximum atomic E-state index is 10.5. The lowest BCUT2D eigenvalue weighted by Gasteiger charge is -2.14. The molecule has 0 N–H and O–H groups in total. The second kappa shape index (κ2) is 5.54. The number of halogens is 1. The van der Waals surface area contributed by atoms with Gasteiger partial charge in [0.25, 0.3) is 0 Å². The van der Waals surface area contributed by atoms with Crippen LogP contribution in [0, 0.1) is 0 Å². The molecule has 0 aromatic heterocycles. The molecule has 0 radical (unpaired) electrons. The molecule has 1 aliphatic heterocycles. The van der Waals surface area contributed by atoms with Gasteiger partial charge in [0.15, 0.2) is 11.5 Å². The van der Waals surface area contributed by atoms with E-state index >= 15 is 0 Å². The van der Waals surface area contributed by atoms with Crippen LogP contribution in [0.15, 0.2) is 16.6 Å². The third-order valence-corrected chi connectivity index (χ3v) is 3.43. The molecule has 0 spiro atoms. The van der Waals surface area contributed by atoms with E-state index in [9.17, 15) is 4.79 Å². The summed E-state index contributed by atoms with van der Waals surface area (Å²) < 4.78 is 12.2. The largest absolute Gasteiger partial charge is 0.490 e. The lowest BCUT2D eigenvalue weighted by atomic mass is 9.98. The Hall–Kier alpha value is -1.03. The smallest absolute Gasteiger partial charge is 0.175 e. The van der Waals surface area contributed by atoms with Crippen molar-refractivity contribution < 1.29 is 14.3 Å². The minimum Gasteiger partial charge on any atom is -0.490 e. The van der Waals surface area contributed by atoms with Crippen LogP contribution in [0.1, 0.15) is 31.2 Å². The van der Waals surface area contributed by atoms with Crippen LogP contribution in [0.4, 0.5) is 0 Å². The zero-order valence-corrected chi connectivity index (χ0v) is 11.3. The third kappa shape index (κ3) is 2.80. The number of hydrogen-bond acceptors (Lipinski definition) is 3. The van der Waals surface area contributed by atoms with Gasteiger partial charge in [-0.2, -0.15) is 0 Å². The molecule has 0 bridgehead atoms. The predicted octanol–water partition coefficient (Wildman–Crippen LogP) is 3.30. The van der Waals surface area contributed by atoms with Crippen molar-refractivity contribution in [3.05, 3.63) is 22.2 Å². The number of ether oxygens (including phenoxy) is 2. The minimum absolute atomic E-state index is 0.195. The topological polar surface area (TPSA) is 35.5 Å². The van der Waals surface area contributed by atoms with Gasteiger partial charge in [0.05, 0.1) is 17.7 Å². The lowest BCUT2D eigenvalue weighted by molar-refractivity contribution is -0.108. The second-order valence-corrected chi connectivity index (χ2v) is 5.04. The van der Waals surface area contributed by atoms with Crippen LogP contribution in [-0.4, -0.2) is 19.5 Å². The van der Waals surface area contributed by atoms with Crippen LogP contribution in [0.5, 0.6) is 11.5 Å². The summed E-state index contributed by atoms with van der Waals surface area (Å²) in [5.41, 5.74) is 1.09. The van der Waals surface area contributed by atoms with E-state index in [1.54, 1.807) is 0 Å². The first-order valence-corrected chi connectivity index (χ1v) is 6.54. The van der Waals surface area contributed by atoms with Gasteiger partial charge in [-0.1, -0.05) is 6.92 Å². The first-order chi connectivity index (χ1) is 8.22. The zero-order chi connectivity index (χ0) is 12.3. The molecule has 0 amide bonds. The Balaban J connectivity index is 2.34. The van der Waals surface area contributed by atoms with Crippen molar-refractivity contribution in [3.8, 4) is 11.5 Å². The van der Waals surface area contributed by atoms with Gasteiger partial charge in [0, 0.05) is 12.8 Å². The summed E-state index contributed by atoms with van der Waals surface area (Å²) in [5, 5.41) is 0. The van der Waals surface area contributed by atoms with Crippen molar-refractivity contribution in [1.82, 2.24) is 0 Å². The van der Waals surface area contributed by atoms with Crippen molar-refractivity contribution in [2.45, 2.75) is 25.7 Å². The molecular weight excluding hydrogens is 284 g/mol. The molecule has 1 aromatic rings. The summed E-state index contributed by atoms with van der Waals surface area (Å²) in [5.74, 6) is 1.73. The number of fused-ring (bicyclic) bond motifs is 1. The summed E-state index contributed by atoms with van der Waals surface area (Å²) in [7, 11) is 0. The maximum Gasteiger partial charge on any atom is 0.175 e. The summed E-state index contributed by atoms with van der Waals surface area (Å²) in [6, 6.07) is 3.97. The molecule has 0 fully saturated rings. The van der Waals surface area contributed by atoms with E-state index in [-0.39, 0.29) is 5.92 Å². The van der Waals surface area contributed by atoms with Crippen LogP contribution in [-0.2, 0) is 4.79 Å². The zero-order valence-electron chi connectivity index (χ0n) is 9.74. The van der Waals surface area contributed by atoms with Gasteiger partial charge in [0.1, 0.15) is 6.29 Å². The molecule has 4 heteroatoms. The molecule has 17 heavy (non-hydrogen) atoms. The quantitative estimate of drug-likeness (QED) is 0.803. The lowest BCUT2D eigenvalue weighted by Crippen LogP contribution is -1.98. The second-order valence-electron chi connectivity index (χ2n) is 4.18. The van der Waals surface area contributed by atoms with Gasteiger partial charge < -0.3 is 14.3 Å². The van der Waals surface area contributed by atoms with Crippen LogP contribution in [0.25, 0.3) is 0 Å². The molecular formula is C13H15BrO3. The normalized spacial score (nSPS) is 16.1. The summed E-state index contributed by atoms with van der Waals surface area (Å²) in [4.78, 5) is 10.5. The highest BCUT2D eigenvalue weighted by atomic mass is 79.9. The maximum absolute atomic E-state index is 10.5. The van der Waals surface area contributed by atoms with E-state index in [4.69, 9.17) is 9.47 Å². The van der Waals surface area contributed by atoms with E-state index in [0.29, 0.717) is 19.6 Å². The first kappa shape index (κ1) is 12.4. The number of aldehydes is 1. The number of benzene rings is 1. The van der Waals surface area contributed by atoms with Gasteiger partial charge in [0.2, 0.25) is 0 Å². The van der Waals surface area contributed by atoms with Gasteiger partial charge in [-0.25, -0.2) is 0 Å². The average Bonchev–Trinajstić information content (AvgIpc) is 2.54. The molecule has 0 saturated carbocycles. The van der Waals surface area contributed by atoms with E-state index in [1.165, 1.54) is 0 Å². The molecule has 1 heterocycles. The number of hydrogen-bond donors (Lipinski definition) is 0. The van der Waals surface area contributed by atoms with Gasteiger partial charge in [-0.05, 0) is 39.5 Å². The summed E-state index contributed by atoms with van der Waals surface area (Å²) >= 11 is 3.49. The van der Waals surface area contributed by atoms with Crippen molar-refractivity contribution >= 4 is 22.2 Å². The standard InChI is InChI=1S/C13H15BrO3/c1-9(3-4-15)10-7-11(14)13-12(8-10)16-5-2-6-17-13/h4,7-9H,2-3,5-6H2,1H3. The molecule has 2 rings (SSSR count). The Kier molecular flexibility index (Phi) is 4.05. The highest BCUT2D eigenvalue weighted by molar-refractivity contribution is 9.10. The van der Waals surface area contributed by atoms with Gasteiger partial charge in [-0.3, -0.25) is 0 Å². The van der Waals surface area contributed by atoms with Crippen molar-refractivity contribution in [2.24, 2.45) is 0 Å². The van der Waals surface area contributed by atoms with Crippen LogP contribution in [0.2, 0.25) is 0 Å². The predicted molar refractivity (Wildman–Crippen MR) is 68.8 cm³/mol. The molecule has 1 aliphatic rings. The number of carbonyl (C=O) groups excluding carboxylic acids is 1. The number of carbonyl (C=O) groups is 1. The van der Waals surface area contributed by atoms with Crippen LogP contribution < -0.4 is 9.47 Å². The number of rotatable bonds is 3. The summed E-state index contributed by atoms with van der Waals surface area (Å²) in [6.07, 6.45) is 2.36. The Bertz CT molecular complexity index is 417. The first-order valence-electron chi connectivity index (χ1n) is 5.75. The molecule has 0 saturated heterocycles. The van der Waals surface area contributed by atoms with Crippen molar-refractivity contribution in [3.63, 3.8) is 0 Å². The average molecular weight is 299 g/mol. The highest BCUT2D eigenvalue weighted by Crippen LogP contribution is 2.40. The molecule has 0 aliphatic carbocycles.